The Morgan fingerprint density at radius 1 is 1.50 bits per heavy atom. The van der Waals surface area contributed by atoms with Gasteiger partial charge in [-0.3, -0.25) is 14.9 Å². The fraction of sp³-hybridized carbons (Fsp3) is 0.417. The van der Waals surface area contributed by atoms with Gasteiger partial charge in [-0.2, -0.15) is 0 Å². The van der Waals surface area contributed by atoms with Crippen LogP contribution in [0.15, 0.2) is 18.2 Å². The van der Waals surface area contributed by atoms with Crippen molar-refractivity contribution in [3.63, 3.8) is 0 Å². The molecular weight excluding hydrogens is 206 g/mol. The van der Waals surface area contributed by atoms with Gasteiger partial charge in [0, 0.05) is 24.0 Å². The Morgan fingerprint density at radius 3 is 2.62 bits per heavy atom. The number of benzene rings is 1. The lowest BCUT2D eigenvalue weighted by Crippen LogP contribution is -2.09. The average molecular weight is 221 g/mol. The van der Waals surface area contributed by atoms with Crippen molar-refractivity contribution >= 4 is 11.5 Å². The van der Waals surface area contributed by atoms with Gasteiger partial charge in [0.05, 0.1) is 4.92 Å². The summed E-state index contributed by atoms with van der Waals surface area (Å²) >= 11 is 0. The summed E-state index contributed by atoms with van der Waals surface area (Å²) in [4.78, 5) is 22.0. The largest absolute Gasteiger partial charge is 0.299 e. The van der Waals surface area contributed by atoms with Crippen LogP contribution in [0.2, 0.25) is 0 Å². The molecule has 0 radical (unpaired) electrons. The van der Waals surface area contributed by atoms with E-state index < -0.39 is 10.8 Å². The van der Waals surface area contributed by atoms with Crippen molar-refractivity contribution in [3.8, 4) is 0 Å². The van der Waals surface area contributed by atoms with Crippen molar-refractivity contribution in [2.45, 2.75) is 33.1 Å². The second-order valence-electron chi connectivity index (χ2n) is 3.86. The van der Waals surface area contributed by atoms with Crippen LogP contribution in [-0.4, -0.2) is 10.7 Å². The molecule has 0 saturated heterocycles. The van der Waals surface area contributed by atoms with E-state index in [1.54, 1.807) is 32.9 Å². The minimum atomic E-state index is -0.429. The number of carbonyl (C=O) groups is 1. The highest BCUT2D eigenvalue weighted by Crippen LogP contribution is 2.28. The van der Waals surface area contributed by atoms with Crippen LogP contribution in [0.5, 0.6) is 0 Å². The van der Waals surface area contributed by atoms with E-state index in [1.807, 2.05) is 0 Å². The van der Waals surface area contributed by atoms with E-state index in [1.165, 1.54) is 6.07 Å². The smallest absolute Gasteiger partial charge is 0.273 e. The molecule has 0 fully saturated rings. The number of nitrogens with zero attached hydrogens (tertiary/aromatic N) is 1. The second-order valence-corrected chi connectivity index (χ2v) is 3.86. The molecule has 0 aromatic heterocycles. The maximum Gasteiger partial charge on any atom is 0.273 e. The molecule has 1 atom stereocenters. The zero-order valence-corrected chi connectivity index (χ0v) is 9.69. The third-order valence-corrected chi connectivity index (χ3v) is 2.68. The van der Waals surface area contributed by atoms with Crippen LogP contribution in [0.3, 0.4) is 0 Å². The molecule has 0 heterocycles. The van der Waals surface area contributed by atoms with Gasteiger partial charge in [0.15, 0.2) is 0 Å². The molecule has 86 valence electrons. The molecule has 0 aliphatic carbocycles. The van der Waals surface area contributed by atoms with Crippen molar-refractivity contribution in [3.05, 3.63) is 39.4 Å². The predicted molar refractivity (Wildman–Crippen MR) is 61.5 cm³/mol. The number of nitro benzene ring substituents is 1. The normalized spacial score (nSPS) is 12.2. The monoisotopic (exact) mass is 221 g/mol. The topological polar surface area (TPSA) is 60.2 Å². The fourth-order valence-electron chi connectivity index (χ4n) is 1.66. The second kappa shape index (κ2) is 4.88. The molecule has 0 amide bonds. The van der Waals surface area contributed by atoms with Crippen LogP contribution in [0, 0.1) is 17.0 Å². The van der Waals surface area contributed by atoms with Crippen LogP contribution in [0.25, 0.3) is 0 Å². The Kier molecular flexibility index (Phi) is 3.77. The summed E-state index contributed by atoms with van der Waals surface area (Å²) in [6.07, 6.45) is 0.395. The highest BCUT2D eigenvalue weighted by molar-refractivity contribution is 5.86. The molecule has 1 rings (SSSR count). The summed E-state index contributed by atoms with van der Waals surface area (Å²) < 4.78 is 0. The van der Waals surface area contributed by atoms with Gasteiger partial charge in [0.1, 0.15) is 5.78 Å². The quantitative estimate of drug-likeness (QED) is 0.580. The van der Waals surface area contributed by atoms with Crippen molar-refractivity contribution in [1.82, 2.24) is 0 Å². The summed E-state index contributed by atoms with van der Waals surface area (Å²) in [5.74, 6) is -0.391. The number of aryl methyl sites for hydroxylation is 1. The number of hydrogen-bond donors (Lipinski definition) is 0. The van der Waals surface area contributed by atoms with Gasteiger partial charge in [0.2, 0.25) is 0 Å². The zero-order valence-electron chi connectivity index (χ0n) is 9.69. The molecule has 1 aromatic rings. The highest BCUT2D eigenvalue weighted by atomic mass is 16.6. The minimum absolute atomic E-state index is 0.0203. The van der Waals surface area contributed by atoms with E-state index in [2.05, 4.69) is 0 Å². The summed E-state index contributed by atoms with van der Waals surface area (Å²) in [7, 11) is 0. The van der Waals surface area contributed by atoms with Crippen LogP contribution >= 0.6 is 0 Å². The summed E-state index contributed by atoms with van der Waals surface area (Å²) in [5.41, 5.74) is 1.36. The van der Waals surface area contributed by atoms with Gasteiger partial charge in [-0.25, -0.2) is 0 Å². The Hall–Kier alpha value is -1.71. The lowest BCUT2D eigenvalue weighted by Gasteiger charge is -2.10. The van der Waals surface area contributed by atoms with Crippen LogP contribution in [0.1, 0.15) is 37.3 Å². The molecule has 1 aromatic carbocycles. The van der Waals surface area contributed by atoms with Gasteiger partial charge in [-0.1, -0.05) is 26.0 Å². The Bertz CT molecular complexity index is 426. The molecule has 0 bridgehead atoms. The first-order chi connectivity index (χ1) is 7.47. The van der Waals surface area contributed by atoms with Crippen molar-refractivity contribution in [2.24, 2.45) is 0 Å². The maximum absolute atomic E-state index is 11.5. The molecule has 0 aliphatic heterocycles. The lowest BCUT2D eigenvalue weighted by atomic mass is 9.93. The van der Waals surface area contributed by atoms with Crippen LogP contribution in [0.4, 0.5) is 5.69 Å². The Morgan fingerprint density at radius 2 is 2.12 bits per heavy atom. The van der Waals surface area contributed by atoms with E-state index >= 15 is 0 Å². The number of carbonyl (C=O) groups excluding carboxylic acids is 1. The molecule has 4 heteroatoms. The summed E-state index contributed by atoms with van der Waals surface area (Å²) in [5, 5.41) is 10.9. The first-order valence-corrected chi connectivity index (χ1v) is 5.25. The number of Topliss-reactive ketones (excluding diaryl/α,β-unsaturated/α-hetero) is 1. The molecule has 0 N–H and O–H groups in total. The molecule has 1 unspecified atom stereocenters. The van der Waals surface area contributed by atoms with Gasteiger partial charge >= 0.3 is 0 Å². The van der Waals surface area contributed by atoms with E-state index in [4.69, 9.17) is 0 Å². The molecule has 0 saturated carbocycles. The Balaban J connectivity index is 3.22. The van der Waals surface area contributed by atoms with Crippen molar-refractivity contribution in [2.75, 3.05) is 0 Å². The minimum Gasteiger partial charge on any atom is -0.299 e. The van der Waals surface area contributed by atoms with Gasteiger partial charge in [-0.15, -0.1) is 0 Å². The zero-order chi connectivity index (χ0) is 12.3. The van der Waals surface area contributed by atoms with Crippen LogP contribution < -0.4 is 0 Å². The highest BCUT2D eigenvalue weighted by Gasteiger charge is 2.22. The lowest BCUT2D eigenvalue weighted by molar-refractivity contribution is -0.385. The molecular formula is C12H15NO3. The number of ketones is 1. The van der Waals surface area contributed by atoms with Crippen LogP contribution in [-0.2, 0) is 4.79 Å². The number of nitro groups is 1. The third kappa shape index (κ3) is 2.45. The fourth-order valence-corrected chi connectivity index (χ4v) is 1.66. The SMILES string of the molecule is CCC(=O)C(C)c1ccc(C)cc1[N+](=O)[O-]. The van der Waals surface area contributed by atoms with Gasteiger partial charge in [0.25, 0.3) is 5.69 Å². The van der Waals surface area contributed by atoms with E-state index in [9.17, 15) is 14.9 Å². The summed E-state index contributed by atoms with van der Waals surface area (Å²) in [6.45, 7) is 5.27. The van der Waals surface area contributed by atoms with E-state index in [0.29, 0.717) is 12.0 Å². The third-order valence-electron chi connectivity index (χ3n) is 2.68. The summed E-state index contributed by atoms with van der Waals surface area (Å²) in [6, 6.07) is 4.97. The van der Waals surface area contributed by atoms with E-state index in [-0.39, 0.29) is 11.5 Å². The first-order valence-electron chi connectivity index (χ1n) is 5.25. The van der Waals surface area contributed by atoms with Gasteiger partial charge < -0.3 is 0 Å². The average Bonchev–Trinajstić information content (AvgIpc) is 2.26. The maximum atomic E-state index is 11.5. The number of hydrogen-bond acceptors (Lipinski definition) is 3. The standard InChI is InChI=1S/C12H15NO3/c1-4-12(14)9(3)10-6-5-8(2)7-11(10)13(15)16/h5-7,9H,4H2,1-3H3. The first kappa shape index (κ1) is 12.4. The van der Waals surface area contributed by atoms with Crippen molar-refractivity contribution < 1.29 is 9.72 Å². The number of rotatable bonds is 4. The molecule has 0 aliphatic rings. The molecule has 16 heavy (non-hydrogen) atoms. The Labute approximate surface area is 94.4 Å². The van der Waals surface area contributed by atoms with Gasteiger partial charge in [-0.05, 0) is 12.5 Å². The van der Waals surface area contributed by atoms with E-state index in [0.717, 1.165) is 5.56 Å². The van der Waals surface area contributed by atoms with Crippen molar-refractivity contribution in [1.29, 1.82) is 0 Å². The molecule has 4 nitrogen and oxygen atoms in total. The molecule has 0 spiro atoms. The predicted octanol–water partition coefficient (Wildman–Crippen LogP) is 2.99.